The number of hydrogen-bond donors (Lipinski definition) is 2. The molecule has 0 bridgehead atoms. The van der Waals surface area contributed by atoms with Crippen molar-refractivity contribution in [3.05, 3.63) is 22.3 Å². The van der Waals surface area contributed by atoms with E-state index in [1.165, 1.54) is 29.2 Å². The van der Waals surface area contributed by atoms with Crippen LogP contribution >= 0.6 is 23.1 Å². The molecule has 1 unspecified atom stereocenters. The standard InChI is InChI=1S/C20H22N4O10S2/c1-3-32-20(30)34-5-4-33-18(29)13-10(6-31-2)7-35-17-12(16(28)24(13)17)23-15(27)14(26)11-8-36-19(22-11)21-9-25/h8-9,12,17H,3-7H2,1-2H3,(H,23,27)(H,21,22,25)/t12?,17-/m0/s1. The molecule has 2 atom stereocenters. The van der Waals surface area contributed by atoms with Gasteiger partial charge in [-0.1, -0.05) is 0 Å². The molecule has 1 fully saturated rings. The van der Waals surface area contributed by atoms with Gasteiger partial charge in [-0.25, -0.2) is 14.6 Å². The fourth-order valence-electron chi connectivity index (χ4n) is 3.26. The zero-order valence-electron chi connectivity index (χ0n) is 19.1. The molecular formula is C20H22N4O10S2. The Balaban J connectivity index is 1.63. The number of thiazole rings is 1. The largest absolute Gasteiger partial charge is 0.508 e. The van der Waals surface area contributed by atoms with Crippen molar-refractivity contribution in [1.29, 1.82) is 0 Å². The zero-order valence-corrected chi connectivity index (χ0v) is 20.8. The molecular weight excluding hydrogens is 520 g/mol. The average molecular weight is 543 g/mol. The first-order chi connectivity index (χ1) is 17.3. The Hall–Kier alpha value is -3.50. The molecule has 1 saturated heterocycles. The van der Waals surface area contributed by atoms with E-state index in [0.717, 1.165) is 11.3 Å². The van der Waals surface area contributed by atoms with Gasteiger partial charge in [0.1, 0.15) is 36.0 Å². The molecule has 3 heterocycles. The van der Waals surface area contributed by atoms with E-state index in [4.69, 9.17) is 14.2 Å². The molecule has 0 saturated carbocycles. The summed E-state index contributed by atoms with van der Waals surface area (Å²) in [4.78, 5) is 77.2. The lowest BCUT2D eigenvalue weighted by Crippen LogP contribution is -2.71. The van der Waals surface area contributed by atoms with Gasteiger partial charge in [0.05, 0.1) is 13.2 Å². The highest BCUT2D eigenvalue weighted by molar-refractivity contribution is 8.00. The smallest absolute Gasteiger partial charge is 0.457 e. The molecule has 14 nitrogen and oxygen atoms in total. The lowest BCUT2D eigenvalue weighted by atomic mass is 10.0. The third-order valence-corrected chi connectivity index (χ3v) is 6.88. The lowest BCUT2D eigenvalue weighted by molar-refractivity contribution is -0.153. The van der Waals surface area contributed by atoms with Crippen LogP contribution in [0.3, 0.4) is 0 Å². The first-order valence-corrected chi connectivity index (χ1v) is 12.4. The number of fused-ring (bicyclic) bond motifs is 1. The summed E-state index contributed by atoms with van der Waals surface area (Å²) < 4.78 is 19.6. The van der Waals surface area contributed by atoms with Crippen molar-refractivity contribution in [3.8, 4) is 0 Å². The Labute approximate surface area is 212 Å². The van der Waals surface area contributed by atoms with Gasteiger partial charge in [0.25, 0.3) is 17.6 Å². The Bertz CT molecular complexity index is 1090. The summed E-state index contributed by atoms with van der Waals surface area (Å²) in [7, 11) is 1.43. The molecule has 2 aliphatic heterocycles. The summed E-state index contributed by atoms with van der Waals surface area (Å²) >= 11 is 2.24. The number of amides is 3. The third kappa shape index (κ3) is 6.00. The van der Waals surface area contributed by atoms with Crippen LogP contribution < -0.4 is 10.6 Å². The number of hydrogen-bond acceptors (Lipinski definition) is 13. The molecule has 1 aromatic rings. The van der Waals surface area contributed by atoms with E-state index in [0.29, 0.717) is 17.7 Å². The van der Waals surface area contributed by atoms with Crippen LogP contribution in [0.4, 0.5) is 9.93 Å². The van der Waals surface area contributed by atoms with Crippen molar-refractivity contribution >= 4 is 64.4 Å². The number of ether oxygens (including phenoxy) is 4. The highest BCUT2D eigenvalue weighted by Gasteiger charge is 2.54. The second-order valence-corrected chi connectivity index (χ2v) is 9.01. The summed E-state index contributed by atoms with van der Waals surface area (Å²) in [5.74, 6) is -3.17. The molecule has 3 amide bonds. The van der Waals surface area contributed by atoms with Gasteiger partial charge in [-0.05, 0) is 12.5 Å². The number of rotatable bonds is 12. The van der Waals surface area contributed by atoms with Gasteiger partial charge < -0.3 is 29.6 Å². The van der Waals surface area contributed by atoms with E-state index in [1.54, 1.807) is 6.92 Å². The Morgan fingerprint density at radius 2 is 1.97 bits per heavy atom. The first kappa shape index (κ1) is 27.1. The molecule has 0 radical (unpaired) electrons. The fraction of sp³-hybridized carbons (Fsp3) is 0.450. The number of aromatic nitrogens is 1. The molecule has 0 spiro atoms. The van der Waals surface area contributed by atoms with E-state index in [-0.39, 0.29) is 43.0 Å². The summed E-state index contributed by atoms with van der Waals surface area (Å²) in [6.07, 6.45) is -0.516. The quantitative estimate of drug-likeness (QED) is 0.0896. The summed E-state index contributed by atoms with van der Waals surface area (Å²) in [6, 6.07) is -1.06. The van der Waals surface area contributed by atoms with Crippen LogP contribution in [0.1, 0.15) is 17.4 Å². The summed E-state index contributed by atoms with van der Waals surface area (Å²) in [5.41, 5.74) is 0.294. The molecule has 36 heavy (non-hydrogen) atoms. The van der Waals surface area contributed by atoms with Gasteiger partial charge in [-0.2, -0.15) is 0 Å². The maximum absolute atomic E-state index is 12.9. The number of nitrogens with one attached hydrogen (secondary N) is 2. The third-order valence-electron chi connectivity index (χ3n) is 4.77. The number of Topliss-reactive ketones (excluding diaryl/α,β-unsaturated/α-hetero) is 1. The second-order valence-electron chi connectivity index (χ2n) is 7.04. The van der Waals surface area contributed by atoms with Gasteiger partial charge in [0.15, 0.2) is 5.13 Å². The number of thioether (sulfide) groups is 1. The fourth-order valence-corrected chi connectivity index (χ4v) is 5.24. The average Bonchev–Trinajstić information content (AvgIpc) is 3.33. The molecule has 2 aliphatic rings. The van der Waals surface area contributed by atoms with Gasteiger partial charge in [-0.15, -0.1) is 23.1 Å². The molecule has 194 valence electrons. The van der Waals surface area contributed by atoms with Crippen LogP contribution in [-0.4, -0.2) is 96.7 Å². The number of anilines is 1. The number of esters is 1. The van der Waals surface area contributed by atoms with Crippen LogP contribution in [0, 0.1) is 0 Å². The molecule has 16 heteroatoms. The van der Waals surface area contributed by atoms with Crippen molar-refractivity contribution in [1.82, 2.24) is 15.2 Å². The van der Waals surface area contributed by atoms with E-state index >= 15 is 0 Å². The Kier molecular flexibility index (Phi) is 9.38. The Morgan fingerprint density at radius 3 is 2.67 bits per heavy atom. The number of carbonyl (C=O) groups excluding carboxylic acids is 6. The van der Waals surface area contributed by atoms with Gasteiger partial charge >= 0.3 is 12.1 Å². The Morgan fingerprint density at radius 1 is 1.22 bits per heavy atom. The van der Waals surface area contributed by atoms with Gasteiger partial charge in [-0.3, -0.25) is 24.1 Å². The van der Waals surface area contributed by atoms with Crippen LogP contribution in [0.15, 0.2) is 16.7 Å². The summed E-state index contributed by atoms with van der Waals surface area (Å²) in [5, 5.41) is 5.45. The minimum atomic E-state index is -1.06. The highest BCUT2D eigenvalue weighted by atomic mass is 32.2. The number of methoxy groups -OCH3 is 1. The van der Waals surface area contributed by atoms with Gasteiger partial charge in [0.2, 0.25) is 6.41 Å². The molecule has 2 N–H and O–H groups in total. The topological polar surface area (TPSA) is 180 Å². The van der Waals surface area contributed by atoms with Crippen molar-refractivity contribution in [3.63, 3.8) is 0 Å². The number of ketones is 1. The van der Waals surface area contributed by atoms with Crippen LogP contribution in [0.2, 0.25) is 0 Å². The number of carbonyl (C=O) groups is 6. The van der Waals surface area contributed by atoms with Crippen molar-refractivity contribution in [2.45, 2.75) is 18.3 Å². The predicted molar refractivity (Wildman–Crippen MR) is 124 cm³/mol. The van der Waals surface area contributed by atoms with Crippen LogP contribution in [0.25, 0.3) is 0 Å². The summed E-state index contributed by atoms with van der Waals surface area (Å²) in [6.45, 7) is 1.29. The van der Waals surface area contributed by atoms with Crippen molar-refractivity contribution in [2.24, 2.45) is 0 Å². The first-order valence-electron chi connectivity index (χ1n) is 10.5. The second kappa shape index (κ2) is 12.5. The monoisotopic (exact) mass is 542 g/mol. The highest BCUT2D eigenvalue weighted by Crippen LogP contribution is 2.40. The zero-order chi connectivity index (χ0) is 26.2. The minimum Gasteiger partial charge on any atom is -0.457 e. The van der Waals surface area contributed by atoms with Crippen LogP contribution in [0.5, 0.6) is 0 Å². The number of β-lactam (4-membered cyclic amide) rings is 1. The molecule has 3 rings (SSSR count). The number of nitrogens with zero attached hydrogens (tertiary/aromatic N) is 2. The van der Waals surface area contributed by atoms with E-state index in [2.05, 4.69) is 20.4 Å². The maximum atomic E-state index is 12.9. The van der Waals surface area contributed by atoms with Crippen LogP contribution in [-0.2, 0) is 38.1 Å². The van der Waals surface area contributed by atoms with Crippen molar-refractivity contribution < 1.29 is 47.7 Å². The van der Waals surface area contributed by atoms with E-state index < -0.39 is 41.1 Å². The van der Waals surface area contributed by atoms with E-state index in [9.17, 15) is 28.8 Å². The normalized spacial score (nSPS) is 18.5. The minimum absolute atomic E-state index is 0.0253. The van der Waals surface area contributed by atoms with E-state index in [1.807, 2.05) is 0 Å². The SMILES string of the molecule is CCOC(=O)OCCOC(=O)C1=C(COC)CS[C@H]2C(NC(=O)C(=O)c3csc(NC=O)n3)C(=O)N12. The predicted octanol–water partition coefficient (Wildman–Crippen LogP) is -0.0892. The molecule has 1 aromatic heterocycles. The van der Waals surface area contributed by atoms with Gasteiger partial charge in [0, 0.05) is 18.2 Å². The maximum Gasteiger partial charge on any atom is 0.508 e. The molecule has 0 aliphatic carbocycles. The van der Waals surface area contributed by atoms with Crippen molar-refractivity contribution in [2.75, 3.05) is 44.6 Å². The lowest BCUT2D eigenvalue weighted by Gasteiger charge is -2.49. The molecule has 0 aromatic carbocycles.